The number of rotatable bonds is 4. The Labute approximate surface area is 185 Å². The van der Waals surface area contributed by atoms with E-state index in [0.717, 1.165) is 18.0 Å². The fourth-order valence-electron chi connectivity index (χ4n) is 3.75. The molecular weight excluding hydrogens is 439 g/mol. The number of hydrazone groups is 1. The number of carbonyl (C=O) groups excluding carboxylic acids is 1. The Morgan fingerprint density at radius 3 is 2.61 bits per heavy atom. The maximum absolute atomic E-state index is 14.2. The molecule has 9 nitrogen and oxygen atoms in total. The summed E-state index contributed by atoms with van der Waals surface area (Å²) in [5, 5.41) is 11.9. The van der Waals surface area contributed by atoms with E-state index in [0.29, 0.717) is 17.5 Å². The van der Waals surface area contributed by atoms with Gasteiger partial charge in [-0.2, -0.15) is 19.6 Å². The fraction of sp³-hybridized carbons (Fsp3) is 0.286. The van der Waals surface area contributed by atoms with Crippen LogP contribution in [-0.4, -0.2) is 61.5 Å². The van der Waals surface area contributed by atoms with E-state index in [1.54, 1.807) is 6.92 Å². The van der Waals surface area contributed by atoms with Crippen molar-refractivity contribution in [3.8, 4) is 17.3 Å². The molecule has 1 fully saturated rings. The molecule has 0 bridgehead atoms. The summed E-state index contributed by atoms with van der Waals surface area (Å²) in [4.78, 5) is 22.4. The highest BCUT2D eigenvalue weighted by atomic mass is 19.1. The molecule has 2 aliphatic rings. The number of aryl methyl sites for hydroxylation is 1. The third kappa shape index (κ3) is 3.99. The zero-order valence-corrected chi connectivity index (χ0v) is 17.4. The van der Waals surface area contributed by atoms with Gasteiger partial charge in [0.1, 0.15) is 17.7 Å². The molecule has 1 N–H and O–H groups in total. The molecular formula is C21H18F3N7O2. The van der Waals surface area contributed by atoms with Gasteiger partial charge in [-0.3, -0.25) is 5.10 Å². The maximum Gasteiger partial charge on any atom is 0.341 e. The van der Waals surface area contributed by atoms with Gasteiger partial charge in [-0.25, -0.2) is 23.6 Å². The number of carbonyl (C=O) groups is 1. The number of amides is 2. The molecule has 0 spiro atoms. The Balaban J connectivity index is 1.24. The average molecular weight is 457 g/mol. The van der Waals surface area contributed by atoms with Crippen LogP contribution in [0.2, 0.25) is 0 Å². The molecule has 33 heavy (non-hydrogen) atoms. The third-order valence-electron chi connectivity index (χ3n) is 5.48. The lowest BCUT2D eigenvalue weighted by molar-refractivity contribution is 0.0230. The van der Waals surface area contributed by atoms with E-state index in [2.05, 4.69) is 25.3 Å². The lowest BCUT2D eigenvalue weighted by Gasteiger charge is -2.40. The standard InChI is InChI=1S/C21H18F3N7O2/c1-11-16(7-26-29-11)19-25-8-17(24)20(28-19)33-15-9-30(10-15)21(32)31-18(2-3-27-31)12-4-13(22)6-14(23)5-12/h3-8,15,18H,2,9-10H2,1H3,(H,26,29). The van der Waals surface area contributed by atoms with Crippen molar-refractivity contribution in [2.75, 3.05) is 13.1 Å². The van der Waals surface area contributed by atoms with Crippen molar-refractivity contribution >= 4 is 12.2 Å². The van der Waals surface area contributed by atoms with Crippen molar-refractivity contribution in [1.29, 1.82) is 0 Å². The fourth-order valence-corrected chi connectivity index (χ4v) is 3.75. The number of aromatic nitrogens is 4. The van der Waals surface area contributed by atoms with Crippen LogP contribution >= 0.6 is 0 Å². The Morgan fingerprint density at radius 1 is 1.15 bits per heavy atom. The van der Waals surface area contributed by atoms with Crippen LogP contribution in [0.15, 0.2) is 35.7 Å². The first-order valence-corrected chi connectivity index (χ1v) is 10.1. The van der Waals surface area contributed by atoms with Crippen LogP contribution < -0.4 is 4.74 Å². The van der Waals surface area contributed by atoms with Crippen LogP contribution in [0.1, 0.15) is 23.7 Å². The number of nitrogens with zero attached hydrogens (tertiary/aromatic N) is 6. The lowest BCUT2D eigenvalue weighted by Crippen LogP contribution is -2.59. The Kier molecular flexibility index (Phi) is 5.19. The zero-order valence-electron chi connectivity index (χ0n) is 17.4. The molecule has 0 saturated carbocycles. The summed E-state index contributed by atoms with van der Waals surface area (Å²) in [5.74, 6) is -2.12. The minimum atomic E-state index is -0.724. The molecule has 0 radical (unpaired) electrons. The molecule has 1 aromatic carbocycles. The van der Waals surface area contributed by atoms with Gasteiger partial charge in [-0.1, -0.05) is 0 Å². The summed E-state index contributed by atoms with van der Waals surface area (Å²) in [6.07, 6.45) is 3.94. The van der Waals surface area contributed by atoms with Gasteiger partial charge in [0.25, 0.3) is 5.88 Å². The molecule has 1 atom stereocenters. The molecule has 4 heterocycles. The zero-order chi connectivity index (χ0) is 23.1. The molecule has 2 amide bonds. The molecule has 0 aliphatic carbocycles. The number of hydrogen-bond donors (Lipinski definition) is 1. The van der Waals surface area contributed by atoms with E-state index in [1.807, 2.05) is 0 Å². The second-order valence-corrected chi connectivity index (χ2v) is 7.78. The van der Waals surface area contributed by atoms with Gasteiger partial charge < -0.3 is 9.64 Å². The van der Waals surface area contributed by atoms with Crippen LogP contribution in [0.3, 0.4) is 0 Å². The first kappa shape index (κ1) is 20.9. The number of likely N-dealkylation sites (tertiary alicyclic amines) is 1. The van der Waals surface area contributed by atoms with Crippen LogP contribution in [0.5, 0.6) is 5.88 Å². The van der Waals surface area contributed by atoms with Crippen molar-refractivity contribution in [3.63, 3.8) is 0 Å². The summed E-state index contributed by atoms with van der Waals surface area (Å²) in [5.41, 5.74) is 1.67. The highest BCUT2D eigenvalue weighted by Crippen LogP contribution is 2.32. The summed E-state index contributed by atoms with van der Waals surface area (Å²) in [7, 11) is 0. The lowest BCUT2D eigenvalue weighted by atomic mass is 10.0. The summed E-state index contributed by atoms with van der Waals surface area (Å²) in [6.45, 7) is 2.15. The SMILES string of the molecule is Cc1[nH]ncc1-c1ncc(F)c(OC2CN(C(=O)N3N=CCC3c3cc(F)cc(F)c3)C2)n1. The molecule has 2 aliphatic heterocycles. The van der Waals surface area contributed by atoms with Crippen molar-refractivity contribution in [2.24, 2.45) is 5.10 Å². The molecule has 3 aromatic rings. The van der Waals surface area contributed by atoms with E-state index < -0.39 is 35.6 Å². The van der Waals surface area contributed by atoms with Gasteiger partial charge in [0.2, 0.25) is 5.82 Å². The Hall–Kier alpha value is -3.96. The van der Waals surface area contributed by atoms with Gasteiger partial charge in [-0.15, -0.1) is 0 Å². The predicted molar refractivity (Wildman–Crippen MR) is 110 cm³/mol. The number of aromatic amines is 1. The molecule has 5 rings (SSSR count). The third-order valence-corrected chi connectivity index (χ3v) is 5.48. The van der Waals surface area contributed by atoms with E-state index in [4.69, 9.17) is 4.74 Å². The van der Waals surface area contributed by atoms with Gasteiger partial charge in [-0.05, 0) is 24.6 Å². The quantitative estimate of drug-likeness (QED) is 0.649. The summed E-state index contributed by atoms with van der Waals surface area (Å²) in [6, 6.07) is 2.09. The van der Waals surface area contributed by atoms with Crippen molar-refractivity contribution in [2.45, 2.75) is 25.5 Å². The minimum absolute atomic E-state index is 0.179. The van der Waals surface area contributed by atoms with Gasteiger partial charge >= 0.3 is 6.03 Å². The van der Waals surface area contributed by atoms with E-state index in [9.17, 15) is 18.0 Å². The first-order chi connectivity index (χ1) is 15.9. The molecule has 1 unspecified atom stereocenters. The maximum atomic E-state index is 14.2. The van der Waals surface area contributed by atoms with Gasteiger partial charge in [0.05, 0.1) is 37.1 Å². The number of benzene rings is 1. The average Bonchev–Trinajstić information content (AvgIpc) is 3.39. The van der Waals surface area contributed by atoms with Gasteiger partial charge in [0, 0.05) is 24.4 Å². The van der Waals surface area contributed by atoms with Crippen molar-refractivity contribution in [3.05, 3.63) is 59.3 Å². The van der Waals surface area contributed by atoms with Crippen LogP contribution in [0, 0.1) is 24.4 Å². The monoisotopic (exact) mass is 457 g/mol. The smallest absolute Gasteiger partial charge is 0.341 e. The van der Waals surface area contributed by atoms with Crippen molar-refractivity contribution in [1.82, 2.24) is 30.1 Å². The second kappa shape index (κ2) is 8.19. The normalized spacial score (nSPS) is 18.0. The van der Waals surface area contributed by atoms with E-state index in [-0.39, 0.29) is 24.8 Å². The summed E-state index contributed by atoms with van der Waals surface area (Å²) >= 11 is 0. The van der Waals surface area contributed by atoms with Crippen LogP contribution in [0.25, 0.3) is 11.4 Å². The largest absolute Gasteiger partial charge is 0.468 e. The van der Waals surface area contributed by atoms with Gasteiger partial charge in [0.15, 0.2) is 5.82 Å². The second-order valence-electron chi connectivity index (χ2n) is 7.78. The topological polar surface area (TPSA) is 99.6 Å². The molecule has 1 saturated heterocycles. The molecule has 12 heteroatoms. The van der Waals surface area contributed by atoms with Crippen LogP contribution in [0.4, 0.5) is 18.0 Å². The Morgan fingerprint density at radius 2 is 1.91 bits per heavy atom. The number of ether oxygens (including phenoxy) is 1. The number of halogens is 3. The number of H-pyrrole nitrogens is 1. The number of nitrogens with one attached hydrogen (secondary N) is 1. The van der Waals surface area contributed by atoms with Crippen LogP contribution in [-0.2, 0) is 0 Å². The predicted octanol–water partition coefficient (Wildman–Crippen LogP) is 3.21. The van der Waals surface area contributed by atoms with E-state index >= 15 is 0 Å². The number of hydrogen-bond acceptors (Lipinski definition) is 6. The van der Waals surface area contributed by atoms with Crippen molar-refractivity contribution < 1.29 is 22.7 Å². The van der Waals surface area contributed by atoms with E-state index in [1.165, 1.54) is 34.5 Å². The summed E-state index contributed by atoms with van der Waals surface area (Å²) < 4.78 is 47.1. The Bertz CT molecular complexity index is 1220. The number of urea groups is 1. The highest BCUT2D eigenvalue weighted by Gasteiger charge is 2.39. The highest BCUT2D eigenvalue weighted by molar-refractivity contribution is 5.79. The molecule has 2 aromatic heterocycles. The minimum Gasteiger partial charge on any atom is -0.468 e. The first-order valence-electron chi connectivity index (χ1n) is 10.1. The molecule has 170 valence electrons.